The molecule has 0 amide bonds. The summed E-state index contributed by atoms with van der Waals surface area (Å²) < 4.78 is 6.04. The number of hydrogen-bond acceptors (Lipinski definition) is 2. The monoisotopic (exact) mass is 524 g/mol. The highest BCUT2D eigenvalue weighted by molar-refractivity contribution is 7.67. The van der Waals surface area contributed by atoms with Crippen molar-refractivity contribution in [3.63, 3.8) is 0 Å². The minimum absolute atomic E-state index is 0.342. The number of benzene rings is 4. The molecule has 0 saturated heterocycles. The van der Waals surface area contributed by atoms with Crippen LogP contribution in [-0.4, -0.2) is 29.0 Å². The molecule has 0 aromatic heterocycles. The molecule has 2 fully saturated rings. The Kier molecular flexibility index (Phi) is 7.65. The van der Waals surface area contributed by atoms with Gasteiger partial charge in [0.05, 0.1) is 0 Å². The van der Waals surface area contributed by atoms with Crippen LogP contribution < -0.4 is 10.0 Å². The lowest BCUT2D eigenvalue weighted by Gasteiger charge is -2.40. The molecular formula is C34H37O3P. The molecule has 0 heterocycles. The summed E-state index contributed by atoms with van der Waals surface area (Å²) in [5.41, 5.74) is 3.87. The summed E-state index contributed by atoms with van der Waals surface area (Å²) >= 11 is 0. The van der Waals surface area contributed by atoms with E-state index in [0.29, 0.717) is 5.75 Å². The highest BCUT2D eigenvalue weighted by atomic mass is 31.1. The van der Waals surface area contributed by atoms with Crippen molar-refractivity contribution >= 4 is 40.7 Å². The number of aliphatic carboxylic acids is 1. The van der Waals surface area contributed by atoms with Crippen LogP contribution in [0.1, 0.15) is 64.2 Å². The minimum atomic E-state index is -0.950. The van der Waals surface area contributed by atoms with Crippen molar-refractivity contribution in [2.45, 2.75) is 75.5 Å². The van der Waals surface area contributed by atoms with E-state index in [0.717, 1.165) is 27.7 Å². The standard InChI is InChI=1S/C34H37O3P/c35-32(36)23-37-30-21-19-24-11-7-9-17-28(24)33(30)34-29-18-10-8-12-25(29)20-22-31(34)38(26-13-3-1-4-14-26)27-15-5-2-6-16-27/h7-12,17-22,26-27H,1-6,13-16,23H2,(H,35,36). The zero-order chi connectivity index (χ0) is 25.9. The molecule has 4 aromatic rings. The predicted octanol–water partition coefficient (Wildman–Crippen LogP) is 8.90. The molecule has 0 spiro atoms. The Morgan fingerprint density at radius 2 is 1.21 bits per heavy atom. The van der Waals surface area contributed by atoms with E-state index in [1.807, 2.05) is 6.07 Å². The summed E-state index contributed by atoms with van der Waals surface area (Å²) in [5, 5.41) is 15.8. The van der Waals surface area contributed by atoms with Gasteiger partial charge in [-0.2, -0.15) is 0 Å². The molecule has 0 bridgehead atoms. The molecule has 0 radical (unpaired) electrons. The lowest BCUT2D eigenvalue weighted by atomic mass is 9.93. The van der Waals surface area contributed by atoms with Gasteiger partial charge in [0.2, 0.25) is 0 Å². The normalized spacial score (nSPS) is 17.3. The number of carbonyl (C=O) groups is 1. The first kappa shape index (κ1) is 25.4. The van der Waals surface area contributed by atoms with Gasteiger partial charge < -0.3 is 9.84 Å². The van der Waals surface area contributed by atoms with Gasteiger partial charge in [0, 0.05) is 11.1 Å². The third-order valence-corrected chi connectivity index (χ3v) is 12.1. The van der Waals surface area contributed by atoms with Crippen molar-refractivity contribution in [3.8, 4) is 16.9 Å². The molecule has 4 heteroatoms. The van der Waals surface area contributed by atoms with Crippen molar-refractivity contribution in [2.75, 3.05) is 6.61 Å². The lowest BCUT2D eigenvalue weighted by Crippen LogP contribution is -2.27. The van der Waals surface area contributed by atoms with Gasteiger partial charge in [-0.25, -0.2) is 4.79 Å². The van der Waals surface area contributed by atoms with Crippen LogP contribution in [0.5, 0.6) is 5.75 Å². The first-order valence-corrected chi connectivity index (χ1v) is 15.9. The lowest BCUT2D eigenvalue weighted by molar-refractivity contribution is -0.139. The minimum Gasteiger partial charge on any atom is -0.481 e. The Morgan fingerprint density at radius 3 is 1.79 bits per heavy atom. The summed E-state index contributed by atoms with van der Waals surface area (Å²) in [6.45, 7) is -0.342. The Morgan fingerprint density at radius 1 is 0.684 bits per heavy atom. The van der Waals surface area contributed by atoms with Crippen LogP contribution in [0.25, 0.3) is 32.7 Å². The summed E-state index contributed by atoms with van der Waals surface area (Å²) in [6.07, 6.45) is 13.5. The van der Waals surface area contributed by atoms with E-state index in [-0.39, 0.29) is 14.5 Å². The van der Waals surface area contributed by atoms with Gasteiger partial charge in [0.1, 0.15) is 5.75 Å². The number of carboxylic acids is 1. The highest BCUT2D eigenvalue weighted by Crippen LogP contribution is 2.57. The van der Waals surface area contributed by atoms with Crippen molar-refractivity contribution in [3.05, 3.63) is 72.8 Å². The molecule has 6 rings (SSSR count). The Bertz CT molecular complexity index is 1410. The van der Waals surface area contributed by atoms with Crippen LogP contribution in [0.15, 0.2) is 72.8 Å². The highest BCUT2D eigenvalue weighted by Gasteiger charge is 2.35. The maximum absolute atomic E-state index is 11.6. The molecule has 2 saturated carbocycles. The number of rotatable bonds is 7. The molecule has 0 aliphatic heterocycles. The van der Waals surface area contributed by atoms with Gasteiger partial charge in [0.25, 0.3) is 0 Å². The van der Waals surface area contributed by atoms with Crippen molar-refractivity contribution in [2.24, 2.45) is 0 Å². The largest absolute Gasteiger partial charge is 0.481 e. The van der Waals surface area contributed by atoms with Gasteiger partial charge in [-0.05, 0) is 69.9 Å². The molecular weight excluding hydrogens is 487 g/mol. The summed E-state index contributed by atoms with van der Waals surface area (Å²) in [7, 11) is -0.371. The van der Waals surface area contributed by atoms with E-state index in [4.69, 9.17) is 4.74 Å². The second-order valence-electron chi connectivity index (χ2n) is 11.0. The van der Waals surface area contributed by atoms with E-state index in [9.17, 15) is 9.90 Å². The fourth-order valence-electron chi connectivity index (χ4n) is 6.92. The van der Waals surface area contributed by atoms with Crippen LogP contribution in [0.2, 0.25) is 0 Å². The smallest absolute Gasteiger partial charge is 0.341 e. The molecule has 3 nitrogen and oxygen atoms in total. The summed E-state index contributed by atoms with van der Waals surface area (Å²) in [5.74, 6) is -0.278. The topological polar surface area (TPSA) is 46.5 Å². The van der Waals surface area contributed by atoms with Crippen LogP contribution in [-0.2, 0) is 4.79 Å². The molecule has 196 valence electrons. The SMILES string of the molecule is O=C(O)COc1ccc2ccccc2c1-c1c(P(C2CCCCC2)C2CCCCC2)ccc2ccccc12. The summed E-state index contributed by atoms with van der Waals surface area (Å²) in [6, 6.07) is 26.0. The second kappa shape index (κ2) is 11.5. The zero-order valence-corrected chi connectivity index (χ0v) is 23.0. The second-order valence-corrected chi connectivity index (χ2v) is 13.8. The third-order valence-electron chi connectivity index (χ3n) is 8.61. The maximum atomic E-state index is 11.6. The van der Waals surface area contributed by atoms with Crippen molar-refractivity contribution in [1.82, 2.24) is 0 Å². The van der Waals surface area contributed by atoms with Gasteiger partial charge in [-0.15, -0.1) is 0 Å². The quantitative estimate of drug-likeness (QED) is 0.246. The van der Waals surface area contributed by atoms with E-state index < -0.39 is 5.97 Å². The average Bonchev–Trinajstić information content (AvgIpc) is 2.97. The predicted molar refractivity (Wildman–Crippen MR) is 160 cm³/mol. The van der Waals surface area contributed by atoms with Gasteiger partial charge in [-0.1, -0.05) is 113 Å². The molecule has 2 aliphatic carbocycles. The van der Waals surface area contributed by atoms with Crippen molar-refractivity contribution < 1.29 is 14.6 Å². The van der Waals surface area contributed by atoms with E-state index >= 15 is 0 Å². The van der Waals surface area contributed by atoms with Crippen molar-refractivity contribution in [1.29, 1.82) is 0 Å². The van der Waals surface area contributed by atoms with E-state index in [2.05, 4.69) is 66.7 Å². The van der Waals surface area contributed by atoms with Gasteiger partial charge in [-0.3, -0.25) is 0 Å². The van der Waals surface area contributed by atoms with E-state index in [1.165, 1.54) is 85.8 Å². The molecule has 38 heavy (non-hydrogen) atoms. The fraction of sp³-hybridized carbons (Fsp3) is 0.382. The Hall–Kier alpha value is -2.90. The number of hydrogen-bond donors (Lipinski definition) is 1. The fourth-order valence-corrected chi connectivity index (χ4v) is 10.9. The van der Waals surface area contributed by atoms with Gasteiger partial charge >= 0.3 is 5.97 Å². The van der Waals surface area contributed by atoms with Crippen LogP contribution in [0, 0.1) is 0 Å². The number of fused-ring (bicyclic) bond motifs is 2. The van der Waals surface area contributed by atoms with Crippen LogP contribution in [0.3, 0.4) is 0 Å². The first-order valence-electron chi connectivity index (χ1n) is 14.4. The first-order chi connectivity index (χ1) is 18.7. The maximum Gasteiger partial charge on any atom is 0.341 e. The molecule has 1 N–H and O–H groups in total. The van der Waals surface area contributed by atoms with Crippen LogP contribution >= 0.6 is 7.92 Å². The molecule has 0 atom stereocenters. The number of carboxylic acid groups (broad SMARTS) is 1. The number of ether oxygens (including phenoxy) is 1. The van der Waals surface area contributed by atoms with E-state index in [1.54, 1.807) is 0 Å². The average molecular weight is 525 g/mol. The molecule has 2 aliphatic rings. The Labute approximate surface area is 227 Å². The molecule has 0 unspecified atom stereocenters. The molecule has 4 aromatic carbocycles. The Balaban J connectivity index is 1.64. The van der Waals surface area contributed by atoms with Crippen LogP contribution in [0.4, 0.5) is 0 Å². The summed E-state index contributed by atoms with van der Waals surface area (Å²) in [4.78, 5) is 11.6. The zero-order valence-electron chi connectivity index (χ0n) is 22.1. The third kappa shape index (κ3) is 5.06. The van der Waals surface area contributed by atoms with Gasteiger partial charge in [0.15, 0.2) is 6.61 Å².